The van der Waals surface area contributed by atoms with E-state index in [1.165, 1.54) is 0 Å². The smallest absolute Gasteiger partial charge is 0.326 e. The molecule has 1 rings (SSSR count). The van der Waals surface area contributed by atoms with Crippen LogP contribution in [0.1, 0.15) is 39.5 Å². The summed E-state index contributed by atoms with van der Waals surface area (Å²) in [4.78, 5) is 22.8. The predicted octanol–water partition coefficient (Wildman–Crippen LogP) is 0.729. The Kier molecular flexibility index (Phi) is 4.93. The van der Waals surface area contributed by atoms with Crippen LogP contribution in [0.2, 0.25) is 0 Å². The number of carboxylic acids is 1. The summed E-state index contributed by atoms with van der Waals surface area (Å²) in [5.74, 6) is -0.810. The first-order valence-corrected chi connectivity index (χ1v) is 6.24. The zero-order valence-electron chi connectivity index (χ0n) is 10.5. The van der Waals surface area contributed by atoms with Crippen LogP contribution in [0.5, 0.6) is 0 Å². The molecule has 0 aromatic heterocycles. The van der Waals surface area contributed by atoms with Gasteiger partial charge in [0.05, 0.1) is 6.04 Å². The number of rotatable bonds is 7. The predicted molar refractivity (Wildman–Crippen MR) is 64.3 cm³/mol. The normalized spacial score (nSPS) is 20.4. The number of nitrogens with two attached hydrogens (primary N) is 1. The maximum absolute atomic E-state index is 11.8. The molecule has 98 valence electrons. The lowest BCUT2D eigenvalue weighted by Crippen LogP contribution is -2.50. The summed E-state index contributed by atoms with van der Waals surface area (Å²) in [7, 11) is 0. The molecule has 0 bridgehead atoms. The van der Waals surface area contributed by atoms with Crippen LogP contribution < -0.4 is 11.1 Å². The van der Waals surface area contributed by atoms with Crippen molar-refractivity contribution >= 4 is 11.9 Å². The second-order valence-corrected chi connectivity index (χ2v) is 4.99. The highest BCUT2D eigenvalue weighted by Gasteiger charge is 2.31. The number of hydrogen-bond acceptors (Lipinski definition) is 3. The lowest BCUT2D eigenvalue weighted by atomic mass is 9.99. The van der Waals surface area contributed by atoms with Crippen molar-refractivity contribution < 1.29 is 14.7 Å². The van der Waals surface area contributed by atoms with Gasteiger partial charge in [0.1, 0.15) is 6.04 Å². The fourth-order valence-electron chi connectivity index (χ4n) is 1.69. The molecule has 0 radical (unpaired) electrons. The van der Waals surface area contributed by atoms with Crippen molar-refractivity contribution in [2.75, 3.05) is 0 Å². The van der Waals surface area contributed by atoms with Crippen molar-refractivity contribution in [1.29, 1.82) is 0 Å². The lowest BCUT2D eigenvalue weighted by molar-refractivity contribution is -0.142. The Morgan fingerprint density at radius 1 is 1.47 bits per heavy atom. The molecule has 0 aromatic rings. The summed E-state index contributed by atoms with van der Waals surface area (Å²) in [5.41, 5.74) is 5.76. The van der Waals surface area contributed by atoms with Crippen LogP contribution in [0.4, 0.5) is 0 Å². The SMILES string of the molecule is CC[C@H](C)[C@H](N)C(=O)N[C@@H](CC1CC1)C(=O)O. The third-order valence-electron chi connectivity index (χ3n) is 3.44. The highest BCUT2D eigenvalue weighted by atomic mass is 16.4. The minimum atomic E-state index is -0.971. The van der Waals surface area contributed by atoms with Gasteiger partial charge in [0, 0.05) is 0 Å². The Morgan fingerprint density at radius 2 is 2.06 bits per heavy atom. The van der Waals surface area contributed by atoms with Crippen molar-refractivity contribution in [3.63, 3.8) is 0 Å². The lowest BCUT2D eigenvalue weighted by Gasteiger charge is -2.21. The third kappa shape index (κ3) is 4.34. The Labute approximate surface area is 102 Å². The van der Waals surface area contributed by atoms with Crippen LogP contribution >= 0.6 is 0 Å². The van der Waals surface area contributed by atoms with E-state index >= 15 is 0 Å². The zero-order chi connectivity index (χ0) is 13.0. The average molecular weight is 242 g/mol. The molecule has 0 heterocycles. The molecule has 0 aromatic carbocycles. The number of carbonyl (C=O) groups is 2. The molecule has 1 aliphatic carbocycles. The van der Waals surface area contributed by atoms with Gasteiger partial charge in [-0.15, -0.1) is 0 Å². The summed E-state index contributed by atoms with van der Waals surface area (Å²) in [6.45, 7) is 3.84. The molecule has 5 heteroatoms. The number of carbonyl (C=O) groups excluding carboxylic acids is 1. The van der Waals surface area contributed by atoms with Crippen LogP contribution in [0.25, 0.3) is 0 Å². The van der Waals surface area contributed by atoms with E-state index in [-0.39, 0.29) is 11.8 Å². The highest BCUT2D eigenvalue weighted by Crippen LogP contribution is 2.33. The van der Waals surface area contributed by atoms with Gasteiger partial charge >= 0.3 is 5.97 Å². The van der Waals surface area contributed by atoms with Gasteiger partial charge in [-0.3, -0.25) is 4.79 Å². The van der Waals surface area contributed by atoms with Gasteiger partial charge in [-0.25, -0.2) is 4.79 Å². The Hall–Kier alpha value is -1.10. The minimum Gasteiger partial charge on any atom is -0.480 e. The van der Waals surface area contributed by atoms with Crippen LogP contribution in [-0.4, -0.2) is 29.1 Å². The molecule has 0 aliphatic heterocycles. The summed E-state index contributed by atoms with van der Waals surface area (Å²) < 4.78 is 0. The number of aliphatic carboxylic acids is 1. The summed E-state index contributed by atoms with van der Waals surface area (Å²) in [5, 5.41) is 11.6. The van der Waals surface area contributed by atoms with E-state index in [2.05, 4.69) is 5.32 Å². The summed E-state index contributed by atoms with van der Waals surface area (Å²) in [6, 6.07) is -1.41. The van der Waals surface area contributed by atoms with Gasteiger partial charge in [0.25, 0.3) is 0 Å². The van der Waals surface area contributed by atoms with E-state index in [4.69, 9.17) is 10.8 Å². The van der Waals surface area contributed by atoms with E-state index in [0.717, 1.165) is 19.3 Å². The molecule has 0 saturated heterocycles. The van der Waals surface area contributed by atoms with Gasteiger partial charge in [-0.05, 0) is 18.3 Å². The second-order valence-electron chi connectivity index (χ2n) is 4.99. The molecule has 1 fully saturated rings. The standard InChI is InChI=1S/C12H22N2O3/c1-3-7(2)10(13)11(15)14-9(12(16)17)6-8-4-5-8/h7-10H,3-6,13H2,1-2H3,(H,14,15)(H,16,17)/t7-,9-,10-/m0/s1. The molecule has 3 atom stereocenters. The van der Waals surface area contributed by atoms with Gasteiger partial charge in [-0.2, -0.15) is 0 Å². The van der Waals surface area contributed by atoms with E-state index in [0.29, 0.717) is 12.3 Å². The van der Waals surface area contributed by atoms with Gasteiger partial charge in [0.15, 0.2) is 0 Å². The maximum Gasteiger partial charge on any atom is 0.326 e. The summed E-state index contributed by atoms with van der Waals surface area (Å²) >= 11 is 0. The Morgan fingerprint density at radius 3 is 2.47 bits per heavy atom. The minimum absolute atomic E-state index is 0.0605. The van der Waals surface area contributed by atoms with Gasteiger partial charge in [-0.1, -0.05) is 33.1 Å². The first kappa shape index (κ1) is 14.0. The van der Waals surface area contributed by atoms with Crippen LogP contribution in [0, 0.1) is 11.8 Å². The van der Waals surface area contributed by atoms with E-state index < -0.39 is 18.1 Å². The van der Waals surface area contributed by atoms with Crippen molar-refractivity contribution in [1.82, 2.24) is 5.32 Å². The molecule has 4 N–H and O–H groups in total. The number of nitrogens with one attached hydrogen (secondary N) is 1. The van der Waals surface area contributed by atoms with Gasteiger partial charge < -0.3 is 16.2 Å². The zero-order valence-corrected chi connectivity index (χ0v) is 10.5. The largest absolute Gasteiger partial charge is 0.480 e. The van der Waals surface area contributed by atoms with Crippen molar-refractivity contribution in [3.8, 4) is 0 Å². The van der Waals surface area contributed by atoms with Crippen LogP contribution in [-0.2, 0) is 9.59 Å². The van der Waals surface area contributed by atoms with Crippen LogP contribution in [0.3, 0.4) is 0 Å². The quantitative estimate of drug-likeness (QED) is 0.613. The molecular formula is C12H22N2O3. The molecule has 1 aliphatic rings. The summed E-state index contributed by atoms with van der Waals surface area (Å²) in [6.07, 6.45) is 3.46. The van der Waals surface area contributed by atoms with Crippen molar-refractivity contribution in [2.24, 2.45) is 17.6 Å². The Bertz CT molecular complexity index is 289. The Balaban J connectivity index is 2.47. The monoisotopic (exact) mass is 242 g/mol. The van der Waals surface area contributed by atoms with Crippen LogP contribution in [0.15, 0.2) is 0 Å². The van der Waals surface area contributed by atoms with E-state index in [9.17, 15) is 9.59 Å². The molecule has 5 nitrogen and oxygen atoms in total. The van der Waals surface area contributed by atoms with Gasteiger partial charge in [0.2, 0.25) is 5.91 Å². The van der Waals surface area contributed by atoms with Crippen molar-refractivity contribution in [3.05, 3.63) is 0 Å². The molecule has 0 spiro atoms. The maximum atomic E-state index is 11.8. The number of carboxylic acid groups (broad SMARTS) is 1. The van der Waals surface area contributed by atoms with E-state index in [1.807, 2.05) is 13.8 Å². The topological polar surface area (TPSA) is 92.4 Å². The molecule has 1 amide bonds. The fraction of sp³-hybridized carbons (Fsp3) is 0.833. The first-order chi connectivity index (χ1) is 7.95. The van der Waals surface area contributed by atoms with Crippen molar-refractivity contribution in [2.45, 2.75) is 51.6 Å². The number of amides is 1. The highest BCUT2D eigenvalue weighted by molar-refractivity contribution is 5.86. The second kappa shape index (κ2) is 6.00. The van der Waals surface area contributed by atoms with E-state index in [1.54, 1.807) is 0 Å². The first-order valence-electron chi connectivity index (χ1n) is 6.24. The third-order valence-corrected chi connectivity index (χ3v) is 3.44. The molecular weight excluding hydrogens is 220 g/mol. The number of hydrogen-bond donors (Lipinski definition) is 3. The molecule has 17 heavy (non-hydrogen) atoms. The molecule has 0 unspecified atom stereocenters. The fourth-order valence-corrected chi connectivity index (χ4v) is 1.69. The molecule has 1 saturated carbocycles. The average Bonchev–Trinajstić information content (AvgIpc) is 3.09.